The summed E-state index contributed by atoms with van der Waals surface area (Å²) >= 11 is 4.09. The number of nitrogens with zero attached hydrogens (tertiary/aromatic N) is 1. The monoisotopic (exact) mass is 345 g/mol. The van der Waals surface area contributed by atoms with E-state index in [0.29, 0.717) is 19.0 Å². The van der Waals surface area contributed by atoms with E-state index in [1.165, 1.54) is 6.07 Å². The second-order valence-electron chi connectivity index (χ2n) is 5.64. The normalized spacial score (nSPS) is 19.1. The van der Waals surface area contributed by atoms with Crippen LogP contribution in [0.5, 0.6) is 5.75 Å². The maximum Gasteiger partial charge on any atom is 0.269 e. The molecule has 1 unspecified atom stereocenters. The summed E-state index contributed by atoms with van der Waals surface area (Å²) in [7, 11) is 0. The van der Waals surface area contributed by atoms with Crippen molar-refractivity contribution in [3.63, 3.8) is 0 Å². The quantitative estimate of drug-likeness (QED) is 0.398. The van der Waals surface area contributed by atoms with Crippen molar-refractivity contribution in [1.82, 2.24) is 0 Å². The summed E-state index contributed by atoms with van der Waals surface area (Å²) in [5.74, 6) is 0.771. The lowest BCUT2D eigenvalue weighted by Crippen LogP contribution is -2.19. The fourth-order valence-electron chi connectivity index (χ4n) is 3.40. The van der Waals surface area contributed by atoms with Gasteiger partial charge in [0.2, 0.25) is 0 Å². The Kier molecular flexibility index (Phi) is 3.91. The number of thiol groups is 1. The van der Waals surface area contributed by atoms with Gasteiger partial charge in [-0.05, 0) is 40.5 Å². The predicted molar refractivity (Wildman–Crippen MR) is 90.5 cm³/mol. The van der Waals surface area contributed by atoms with E-state index in [-0.39, 0.29) is 22.5 Å². The number of ether oxygens (including phenoxy) is 3. The van der Waals surface area contributed by atoms with Gasteiger partial charge in [-0.15, -0.1) is 12.6 Å². The van der Waals surface area contributed by atoms with Crippen LogP contribution in [0.3, 0.4) is 0 Å². The average molecular weight is 345 g/mol. The summed E-state index contributed by atoms with van der Waals surface area (Å²) in [6, 6.07) is 10.7. The minimum atomic E-state index is -0.446. The number of nitro benzene ring substituents is 1. The van der Waals surface area contributed by atoms with E-state index in [4.69, 9.17) is 14.2 Å². The van der Waals surface area contributed by atoms with Gasteiger partial charge in [-0.2, -0.15) is 0 Å². The molecule has 1 atom stereocenters. The molecule has 2 aliphatic rings. The Morgan fingerprint density at radius 3 is 2.46 bits per heavy atom. The topological polar surface area (TPSA) is 70.8 Å². The molecule has 0 radical (unpaired) electrons. The SMILES string of the molecule is O=[N+]([O-])c1ccc2c(c1)C(C1OCCO1)c1cc(OCS)ccc1-2. The zero-order chi connectivity index (χ0) is 16.7. The number of rotatable bonds is 4. The molecule has 124 valence electrons. The molecular weight excluding hydrogens is 330 g/mol. The molecule has 1 aliphatic carbocycles. The lowest BCUT2D eigenvalue weighted by atomic mass is 9.96. The second kappa shape index (κ2) is 6.08. The van der Waals surface area contributed by atoms with Gasteiger partial charge in [0.05, 0.1) is 24.1 Å². The molecule has 1 saturated heterocycles. The fourth-order valence-corrected chi connectivity index (χ4v) is 3.55. The van der Waals surface area contributed by atoms with Crippen molar-refractivity contribution in [2.75, 3.05) is 19.2 Å². The zero-order valence-corrected chi connectivity index (χ0v) is 13.6. The third kappa shape index (κ3) is 2.45. The van der Waals surface area contributed by atoms with Crippen LogP contribution in [0, 0.1) is 10.1 Å². The molecule has 0 bridgehead atoms. The first-order valence-electron chi connectivity index (χ1n) is 7.58. The molecule has 0 spiro atoms. The highest BCUT2D eigenvalue weighted by Crippen LogP contribution is 2.49. The van der Waals surface area contributed by atoms with Gasteiger partial charge in [0.15, 0.2) is 6.29 Å². The highest BCUT2D eigenvalue weighted by molar-refractivity contribution is 7.80. The molecular formula is C17H15NO5S. The summed E-state index contributed by atoms with van der Waals surface area (Å²) < 4.78 is 16.9. The maximum atomic E-state index is 11.2. The molecule has 0 saturated carbocycles. The molecule has 24 heavy (non-hydrogen) atoms. The molecule has 0 aromatic heterocycles. The molecule has 1 heterocycles. The van der Waals surface area contributed by atoms with Crippen molar-refractivity contribution in [3.8, 4) is 16.9 Å². The third-order valence-corrected chi connectivity index (χ3v) is 4.51. The average Bonchev–Trinajstić information content (AvgIpc) is 3.19. The number of hydrogen-bond donors (Lipinski definition) is 1. The first-order valence-corrected chi connectivity index (χ1v) is 8.22. The van der Waals surface area contributed by atoms with Gasteiger partial charge in [-0.1, -0.05) is 6.07 Å². The fraction of sp³-hybridized carbons (Fsp3) is 0.294. The van der Waals surface area contributed by atoms with Crippen molar-refractivity contribution in [1.29, 1.82) is 0 Å². The highest BCUT2D eigenvalue weighted by Gasteiger charge is 2.38. The Labute approximate surface area is 143 Å². The Morgan fingerprint density at radius 1 is 1.12 bits per heavy atom. The smallest absolute Gasteiger partial charge is 0.269 e. The van der Waals surface area contributed by atoms with Crippen LogP contribution in [0.4, 0.5) is 5.69 Å². The minimum Gasteiger partial charge on any atom is -0.483 e. The van der Waals surface area contributed by atoms with E-state index in [1.807, 2.05) is 18.2 Å². The minimum absolute atomic E-state index is 0.0661. The summed E-state index contributed by atoms with van der Waals surface area (Å²) in [5, 5.41) is 11.2. The summed E-state index contributed by atoms with van der Waals surface area (Å²) in [6.45, 7) is 1.04. The Balaban J connectivity index is 1.86. The van der Waals surface area contributed by atoms with Crippen LogP contribution in [0.2, 0.25) is 0 Å². The highest BCUT2D eigenvalue weighted by atomic mass is 32.1. The van der Waals surface area contributed by atoms with E-state index >= 15 is 0 Å². The van der Waals surface area contributed by atoms with E-state index in [2.05, 4.69) is 12.6 Å². The lowest BCUT2D eigenvalue weighted by molar-refractivity contribution is -0.384. The van der Waals surface area contributed by atoms with E-state index < -0.39 is 6.29 Å². The Hall–Kier alpha value is -2.09. The number of non-ortho nitro benzene ring substituents is 1. The zero-order valence-electron chi connectivity index (χ0n) is 12.7. The molecule has 1 aliphatic heterocycles. The Morgan fingerprint density at radius 2 is 1.79 bits per heavy atom. The first kappa shape index (κ1) is 15.4. The molecule has 0 N–H and O–H groups in total. The van der Waals surface area contributed by atoms with Crippen molar-refractivity contribution in [2.45, 2.75) is 12.2 Å². The van der Waals surface area contributed by atoms with Crippen LogP contribution < -0.4 is 4.74 Å². The van der Waals surface area contributed by atoms with Gasteiger partial charge in [-0.3, -0.25) is 10.1 Å². The van der Waals surface area contributed by atoms with E-state index in [9.17, 15) is 10.1 Å². The van der Waals surface area contributed by atoms with Crippen molar-refractivity contribution in [3.05, 3.63) is 57.6 Å². The Bertz CT molecular complexity index is 804. The molecule has 2 aromatic rings. The maximum absolute atomic E-state index is 11.2. The molecule has 6 nitrogen and oxygen atoms in total. The van der Waals surface area contributed by atoms with Crippen LogP contribution in [-0.4, -0.2) is 30.4 Å². The largest absolute Gasteiger partial charge is 0.483 e. The molecule has 2 aromatic carbocycles. The van der Waals surface area contributed by atoms with Gasteiger partial charge in [0.1, 0.15) is 11.7 Å². The van der Waals surface area contributed by atoms with Crippen molar-refractivity contribution < 1.29 is 19.1 Å². The predicted octanol–water partition coefficient (Wildman–Crippen LogP) is 3.35. The summed E-state index contributed by atoms with van der Waals surface area (Å²) in [4.78, 5) is 10.8. The van der Waals surface area contributed by atoms with Gasteiger partial charge in [-0.25, -0.2) is 0 Å². The number of nitro groups is 1. The van der Waals surface area contributed by atoms with Gasteiger partial charge in [0.25, 0.3) is 5.69 Å². The van der Waals surface area contributed by atoms with Crippen LogP contribution in [-0.2, 0) is 9.47 Å². The first-order chi connectivity index (χ1) is 11.7. The number of benzene rings is 2. The second-order valence-corrected chi connectivity index (χ2v) is 5.90. The number of hydrogen-bond acceptors (Lipinski definition) is 6. The third-order valence-electron chi connectivity index (χ3n) is 4.38. The molecule has 1 fully saturated rings. The van der Waals surface area contributed by atoms with Crippen molar-refractivity contribution >= 4 is 18.3 Å². The van der Waals surface area contributed by atoms with E-state index in [1.54, 1.807) is 12.1 Å². The van der Waals surface area contributed by atoms with Crippen LogP contribution in [0.1, 0.15) is 17.0 Å². The summed E-state index contributed by atoms with van der Waals surface area (Å²) in [5.41, 5.74) is 3.91. The summed E-state index contributed by atoms with van der Waals surface area (Å²) in [6.07, 6.45) is -0.446. The van der Waals surface area contributed by atoms with Gasteiger partial charge in [0, 0.05) is 12.1 Å². The van der Waals surface area contributed by atoms with Crippen LogP contribution in [0.15, 0.2) is 36.4 Å². The lowest BCUT2D eigenvalue weighted by Gasteiger charge is -2.20. The standard InChI is InChI=1S/C17H15NO5S/c19-18(20)10-1-3-12-13-4-2-11(23-9-24)8-15(13)16(14(12)7-10)17-21-5-6-22-17/h1-4,7-8,16-17,24H,5-6,9H2. The van der Waals surface area contributed by atoms with Crippen molar-refractivity contribution in [2.24, 2.45) is 0 Å². The van der Waals surface area contributed by atoms with Gasteiger partial charge >= 0.3 is 0 Å². The van der Waals surface area contributed by atoms with Gasteiger partial charge < -0.3 is 14.2 Å². The molecule has 4 rings (SSSR count). The van der Waals surface area contributed by atoms with Crippen LogP contribution >= 0.6 is 12.6 Å². The van der Waals surface area contributed by atoms with E-state index in [0.717, 1.165) is 22.3 Å². The number of fused-ring (bicyclic) bond motifs is 3. The molecule has 7 heteroatoms. The van der Waals surface area contributed by atoms with Crippen LogP contribution in [0.25, 0.3) is 11.1 Å². The molecule has 0 amide bonds.